The van der Waals surface area contributed by atoms with E-state index < -0.39 is 5.41 Å². The molecule has 1 heterocycles. The van der Waals surface area contributed by atoms with Crippen LogP contribution in [-0.2, 0) is 14.3 Å². The fourth-order valence-corrected chi connectivity index (χ4v) is 4.46. The van der Waals surface area contributed by atoms with Crippen molar-refractivity contribution in [2.24, 2.45) is 11.3 Å². The summed E-state index contributed by atoms with van der Waals surface area (Å²) >= 11 is 0. The quantitative estimate of drug-likeness (QED) is 0.741. The Labute approximate surface area is 159 Å². The molecule has 1 saturated heterocycles. The summed E-state index contributed by atoms with van der Waals surface area (Å²) in [5.41, 5.74) is 0.647. The van der Waals surface area contributed by atoms with Crippen molar-refractivity contribution in [3.63, 3.8) is 0 Å². The van der Waals surface area contributed by atoms with E-state index in [1.54, 1.807) is 24.3 Å². The summed E-state index contributed by atoms with van der Waals surface area (Å²) in [6.07, 6.45) is 2.87. The molecule has 0 bridgehead atoms. The Morgan fingerprint density at radius 3 is 2.89 bits per heavy atom. The Kier molecular flexibility index (Phi) is 5.79. The summed E-state index contributed by atoms with van der Waals surface area (Å²) in [5.74, 6) is -0.203. The second-order valence-corrected chi connectivity index (χ2v) is 7.39. The maximum absolute atomic E-state index is 12.5. The van der Waals surface area contributed by atoms with Crippen molar-refractivity contribution in [3.8, 4) is 0 Å². The third-order valence-corrected chi connectivity index (χ3v) is 5.65. The first-order valence-corrected chi connectivity index (χ1v) is 9.47. The molecule has 1 aliphatic carbocycles. The Morgan fingerprint density at radius 1 is 1.33 bits per heavy atom. The minimum atomic E-state index is -0.451. The third kappa shape index (κ3) is 3.98. The van der Waals surface area contributed by atoms with Crippen LogP contribution in [-0.4, -0.2) is 56.0 Å². The van der Waals surface area contributed by atoms with Crippen LogP contribution < -0.4 is 10.6 Å². The highest BCUT2D eigenvalue weighted by Crippen LogP contribution is 2.49. The molecule has 27 heavy (non-hydrogen) atoms. The maximum atomic E-state index is 12.5. The number of rotatable bonds is 6. The standard InChI is InChI=1S/C20H27N3O4/c1-3-21-18(25)14-6-4-8-16(10-14)22-17(24)12-23-11-15-7-5-9-20(15,13-23)19(26)27-2/h4,6,8,10,15H,3,5,7,9,11-13H2,1-2H3,(H,21,25)(H,22,24)/t15-,20-/m0/s1. The Balaban J connectivity index is 1.60. The van der Waals surface area contributed by atoms with Gasteiger partial charge >= 0.3 is 5.97 Å². The summed E-state index contributed by atoms with van der Waals surface area (Å²) in [4.78, 5) is 38.7. The number of hydrogen-bond donors (Lipinski definition) is 2. The second-order valence-electron chi connectivity index (χ2n) is 7.39. The average molecular weight is 373 g/mol. The van der Waals surface area contributed by atoms with E-state index >= 15 is 0 Å². The molecule has 2 atom stereocenters. The van der Waals surface area contributed by atoms with Gasteiger partial charge in [0.15, 0.2) is 0 Å². The van der Waals surface area contributed by atoms with Crippen LogP contribution in [0.2, 0.25) is 0 Å². The lowest BCUT2D eigenvalue weighted by molar-refractivity contribution is -0.153. The van der Waals surface area contributed by atoms with Crippen LogP contribution in [0, 0.1) is 11.3 Å². The number of amides is 2. The highest BCUT2D eigenvalue weighted by Gasteiger charge is 2.55. The number of nitrogens with zero attached hydrogens (tertiary/aromatic N) is 1. The number of carbonyl (C=O) groups is 3. The highest BCUT2D eigenvalue weighted by atomic mass is 16.5. The monoisotopic (exact) mass is 373 g/mol. The zero-order valence-electron chi connectivity index (χ0n) is 15.9. The highest BCUT2D eigenvalue weighted by molar-refractivity contribution is 5.97. The van der Waals surface area contributed by atoms with Crippen LogP contribution in [0.5, 0.6) is 0 Å². The molecule has 0 radical (unpaired) electrons. The largest absolute Gasteiger partial charge is 0.469 e. The zero-order valence-corrected chi connectivity index (χ0v) is 15.9. The molecule has 2 amide bonds. The Hall–Kier alpha value is -2.41. The summed E-state index contributed by atoms with van der Waals surface area (Å²) in [6.45, 7) is 3.93. The summed E-state index contributed by atoms with van der Waals surface area (Å²) in [6, 6.07) is 6.88. The Bertz CT molecular complexity index is 736. The molecule has 7 heteroatoms. The number of likely N-dealkylation sites (tertiary alicyclic amines) is 1. The maximum Gasteiger partial charge on any atom is 0.313 e. The minimum absolute atomic E-state index is 0.150. The van der Waals surface area contributed by atoms with Crippen molar-refractivity contribution >= 4 is 23.5 Å². The molecule has 0 aromatic heterocycles. The normalized spacial score (nSPS) is 24.3. The van der Waals surface area contributed by atoms with E-state index in [9.17, 15) is 14.4 Å². The summed E-state index contributed by atoms with van der Waals surface area (Å²) in [5, 5.41) is 5.59. The number of hydrogen-bond acceptors (Lipinski definition) is 5. The van der Waals surface area contributed by atoms with Crippen molar-refractivity contribution < 1.29 is 19.1 Å². The molecule has 2 aliphatic rings. The van der Waals surface area contributed by atoms with Gasteiger partial charge in [-0.15, -0.1) is 0 Å². The number of nitrogens with one attached hydrogen (secondary N) is 2. The predicted molar refractivity (Wildman–Crippen MR) is 101 cm³/mol. The molecule has 1 saturated carbocycles. The van der Waals surface area contributed by atoms with E-state index in [0.717, 1.165) is 25.8 Å². The van der Waals surface area contributed by atoms with Gasteiger partial charge in [-0.3, -0.25) is 19.3 Å². The van der Waals surface area contributed by atoms with Crippen LogP contribution in [0.15, 0.2) is 24.3 Å². The molecular formula is C20H27N3O4. The number of methoxy groups -OCH3 is 1. The number of benzene rings is 1. The van der Waals surface area contributed by atoms with E-state index in [1.165, 1.54) is 7.11 Å². The number of anilines is 1. The molecule has 1 aromatic carbocycles. The van der Waals surface area contributed by atoms with Gasteiger partial charge in [0.1, 0.15) is 0 Å². The first-order chi connectivity index (χ1) is 13.0. The van der Waals surface area contributed by atoms with Crippen LogP contribution >= 0.6 is 0 Å². The molecule has 0 spiro atoms. The molecule has 3 rings (SSSR count). The van der Waals surface area contributed by atoms with Crippen molar-refractivity contribution in [1.82, 2.24) is 10.2 Å². The van der Waals surface area contributed by atoms with Crippen molar-refractivity contribution in [1.29, 1.82) is 0 Å². The predicted octanol–water partition coefficient (Wildman–Crippen LogP) is 1.65. The fourth-order valence-electron chi connectivity index (χ4n) is 4.46. The molecule has 2 N–H and O–H groups in total. The lowest BCUT2D eigenvalue weighted by atomic mass is 9.81. The SMILES string of the molecule is CCNC(=O)c1cccc(NC(=O)CN2C[C@@H]3CCC[C@]3(C(=O)OC)C2)c1. The van der Waals surface area contributed by atoms with Gasteiger partial charge in [-0.05, 0) is 43.9 Å². The lowest BCUT2D eigenvalue weighted by Gasteiger charge is -2.25. The van der Waals surface area contributed by atoms with Crippen molar-refractivity contribution in [3.05, 3.63) is 29.8 Å². The van der Waals surface area contributed by atoms with E-state index in [0.29, 0.717) is 24.3 Å². The number of ether oxygens (including phenoxy) is 1. The fraction of sp³-hybridized carbons (Fsp3) is 0.550. The molecule has 1 aliphatic heterocycles. The zero-order chi connectivity index (χ0) is 19.4. The molecular weight excluding hydrogens is 346 g/mol. The van der Waals surface area contributed by atoms with Gasteiger partial charge in [0.2, 0.25) is 5.91 Å². The van der Waals surface area contributed by atoms with Crippen molar-refractivity contribution in [2.75, 3.05) is 38.6 Å². The van der Waals surface area contributed by atoms with Crippen LogP contribution in [0.25, 0.3) is 0 Å². The summed E-state index contributed by atoms with van der Waals surface area (Å²) in [7, 11) is 1.43. The first kappa shape index (κ1) is 19.4. The molecule has 146 valence electrons. The molecule has 7 nitrogen and oxygen atoms in total. The van der Waals surface area contributed by atoms with Gasteiger partial charge in [0, 0.05) is 30.9 Å². The van der Waals surface area contributed by atoms with Gasteiger partial charge < -0.3 is 15.4 Å². The molecule has 1 aromatic rings. The van der Waals surface area contributed by atoms with Gasteiger partial charge in [0.05, 0.1) is 19.1 Å². The van der Waals surface area contributed by atoms with Crippen LogP contribution in [0.3, 0.4) is 0 Å². The topological polar surface area (TPSA) is 87.7 Å². The van der Waals surface area contributed by atoms with Crippen LogP contribution in [0.4, 0.5) is 5.69 Å². The van der Waals surface area contributed by atoms with E-state index in [1.807, 2.05) is 11.8 Å². The van der Waals surface area contributed by atoms with E-state index in [4.69, 9.17) is 4.74 Å². The van der Waals surface area contributed by atoms with E-state index in [-0.39, 0.29) is 30.2 Å². The number of carbonyl (C=O) groups excluding carboxylic acids is 3. The Morgan fingerprint density at radius 2 is 2.15 bits per heavy atom. The van der Waals surface area contributed by atoms with Gasteiger partial charge in [-0.1, -0.05) is 12.5 Å². The first-order valence-electron chi connectivity index (χ1n) is 9.47. The van der Waals surface area contributed by atoms with Crippen molar-refractivity contribution in [2.45, 2.75) is 26.2 Å². The molecule has 0 unspecified atom stereocenters. The summed E-state index contributed by atoms with van der Waals surface area (Å²) < 4.78 is 5.04. The molecule has 2 fully saturated rings. The van der Waals surface area contributed by atoms with Crippen LogP contribution in [0.1, 0.15) is 36.5 Å². The van der Waals surface area contributed by atoms with Gasteiger partial charge in [-0.2, -0.15) is 0 Å². The number of fused-ring (bicyclic) bond motifs is 1. The van der Waals surface area contributed by atoms with E-state index in [2.05, 4.69) is 10.6 Å². The smallest absolute Gasteiger partial charge is 0.313 e. The lowest BCUT2D eigenvalue weighted by Crippen LogP contribution is -2.38. The second kappa shape index (κ2) is 8.08. The number of esters is 1. The van der Waals surface area contributed by atoms with Gasteiger partial charge in [0.25, 0.3) is 5.91 Å². The average Bonchev–Trinajstić information content (AvgIpc) is 3.19. The third-order valence-electron chi connectivity index (χ3n) is 5.65. The minimum Gasteiger partial charge on any atom is -0.469 e. The van der Waals surface area contributed by atoms with Gasteiger partial charge in [-0.25, -0.2) is 0 Å².